The lowest BCUT2D eigenvalue weighted by Gasteiger charge is -2.14. The predicted molar refractivity (Wildman–Crippen MR) is 125 cm³/mol. The van der Waals surface area contributed by atoms with Crippen molar-refractivity contribution < 1.29 is 19.2 Å². The number of hydrogen-bond donors (Lipinski definition) is 1. The van der Waals surface area contributed by atoms with Crippen LogP contribution in [0, 0.1) is 10.1 Å². The van der Waals surface area contributed by atoms with Crippen LogP contribution in [0.2, 0.25) is 0 Å². The highest BCUT2D eigenvalue weighted by atomic mass is 16.6. The van der Waals surface area contributed by atoms with Crippen LogP contribution in [-0.4, -0.2) is 30.5 Å². The van der Waals surface area contributed by atoms with E-state index in [4.69, 9.17) is 4.74 Å². The van der Waals surface area contributed by atoms with Gasteiger partial charge in [0.25, 0.3) is 5.69 Å². The molecule has 0 aromatic heterocycles. The molecule has 3 aromatic rings. The maximum absolute atomic E-state index is 12.2. The first-order chi connectivity index (χ1) is 16.1. The Labute approximate surface area is 190 Å². The molecule has 1 N–H and O–H groups in total. The number of nitrogens with one attached hydrogen (secondary N) is 1. The number of ether oxygens (including phenoxy) is 1. The van der Waals surface area contributed by atoms with E-state index in [1.807, 2.05) is 24.3 Å². The molecule has 166 valence electrons. The van der Waals surface area contributed by atoms with Crippen LogP contribution < -0.4 is 5.32 Å². The number of hydrogen-bond acceptors (Lipinski definition) is 5. The number of amides is 1. The van der Waals surface area contributed by atoms with Gasteiger partial charge in [-0.1, -0.05) is 60.7 Å². The first-order valence-corrected chi connectivity index (χ1v) is 10.6. The summed E-state index contributed by atoms with van der Waals surface area (Å²) in [4.78, 5) is 33.7. The third-order valence-corrected chi connectivity index (χ3v) is 5.63. The van der Waals surface area contributed by atoms with Crippen molar-refractivity contribution in [2.75, 3.05) is 13.2 Å². The molecule has 4 rings (SSSR count). The molecule has 1 aliphatic rings. The van der Waals surface area contributed by atoms with Gasteiger partial charge < -0.3 is 10.1 Å². The molecular weight excluding hydrogens is 420 g/mol. The van der Waals surface area contributed by atoms with Gasteiger partial charge in [-0.25, -0.2) is 4.79 Å². The van der Waals surface area contributed by atoms with Crippen molar-refractivity contribution in [3.05, 3.63) is 105 Å². The molecule has 7 heteroatoms. The molecule has 0 unspecified atom stereocenters. The summed E-state index contributed by atoms with van der Waals surface area (Å²) in [6, 6.07) is 20.4. The summed E-state index contributed by atoms with van der Waals surface area (Å²) in [5.41, 5.74) is 5.35. The average Bonchev–Trinajstić information content (AvgIpc) is 3.16. The summed E-state index contributed by atoms with van der Waals surface area (Å²) in [5.74, 6) is 0.00643. The van der Waals surface area contributed by atoms with E-state index < -0.39 is 11.0 Å². The molecule has 0 saturated carbocycles. The highest BCUT2D eigenvalue weighted by molar-refractivity contribution is 5.83. The number of fused-ring (bicyclic) bond motifs is 3. The Hall–Kier alpha value is -4.26. The Morgan fingerprint density at radius 2 is 1.67 bits per heavy atom. The topological polar surface area (TPSA) is 98.5 Å². The summed E-state index contributed by atoms with van der Waals surface area (Å²) in [6.07, 6.45) is 4.10. The van der Waals surface area contributed by atoms with E-state index in [1.54, 1.807) is 12.2 Å². The molecule has 0 heterocycles. The van der Waals surface area contributed by atoms with Gasteiger partial charge in [-0.3, -0.25) is 14.9 Å². The molecule has 3 aromatic carbocycles. The lowest BCUT2D eigenvalue weighted by molar-refractivity contribution is -0.384. The summed E-state index contributed by atoms with van der Waals surface area (Å²) < 4.78 is 5.49. The maximum atomic E-state index is 12.2. The number of benzene rings is 3. The van der Waals surface area contributed by atoms with Gasteiger partial charge in [0.05, 0.1) is 4.92 Å². The number of carbonyl (C=O) groups is 2. The van der Waals surface area contributed by atoms with E-state index in [9.17, 15) is 19.7 Å². The van der Waals surface area contributed by atoms with Gasteiger partial charge in [-0.05, 0) is 40.3 Å². The Morgan fingerprint density at radius 1 is 1.00 bits per heavy atom. The third-order valence-electron chi connectivity index (χ3n) is 5.63. The van der Waals surface area contributed by atoms with Crippen molar-refractivity contribution in [3.8, 4) is 11.1 Å². The minimum atomic E-state index is -0.543. The monoisotopic (exact) mass is 442 g/mol. The van der Waals surface area contributed by atoms with E-state index in [0.717, 1.165) is 11.1 Å². The van der Waals surface area contributed by atoms with Crippen LogP contribution in [0.3, 0.4) is 0 Å². The zero-order valence-electron chi connectivity index (χ0n) is 17.8. The second kappa shape index (κ2) is 9.91. The van der Waals surface area contributed by atoms with Gasteiger partial charge in [0.2, 0.25) is 0 Å². The normalized spacial score (nSPS) is 12.2. The van der Waals surface area contributed by atoms with E-state index >= 15 is 0 Å². The highest BCUT2D eigenvalue weighted by Gasteiger charge is 2.28. The van der Waals surface area contributed by atoms with Crippen molar-refractivity contribution in [3.63, 3.8) is 0 Å². The van der Waals surface area contributed by atoms with Crippen molar-refractivity contribution in [1.82, 2.24) is 5.32 Å². The third kappa shape index (κ3) is 4.82. The Morgan fingerprint density at radius 3 is 2.30 bits per heavy atom. The molecule has 0 spiro atoms. The highest BCUT2D eigenvalue weighted by Crippen LogP contribution is 2.44. The molecule has 0 aliphatic heterocycles. The number of rotatable bonds is 8. The summed E-state index contributed by atoms with van der Waals surface area (Å²) in [5, 5.41) is 13.5. The van der Waals surface area contributed by atoms with Gasteiger partial charge in [0, 0.05) is 30.2 Å². The number of aldehydes is 1. The zero-order valence-corrected chi connectivity index (χ0v) is 17.8. The van der Waals surface area contributed by atoms with Crippen LogP contribution in [0.4, 0.5) is 10.5 Å². The number of non-ortho nitro benzene ring substituents is 1. The minimum absolute atomic E-state index is 0.00643. The van der Waals surface area contributed by atoms with E-state index in [-0.39, 0.29) is 23.8 Å². The summed E-state index contributed by atoms with van der Waals surface area (Å²) >= 11 is 0. The largest absolute Gasteiger partial charge is 0.449 e. The second-order valence-electron chi connectivity index (χ2n) is 7.63. The van der Waals surface area contributed by atoms with E-state index in [0.29, 0.717) is 24.8 Å². The van der Waals surface area contributed by atoms with Gasteiger partial charge in [0.15, 0.2) is 6.29 Å². The fourth-order valence-corrected chi connectivity index (χ4v) is 4.05. The number of nitro benzene ring substituents is 1. The molecule has 33 heavy (non-hydrogen) atoms. The molecule has 7 nitrogen and oxygen atoms in total. The standard InChI is InChI=1S/C26H22N2O5/c29-16-19-15-20(28(31)32)13-12-18(19)7-5-6-14-27-26(30)33-17-25-23-10-3-1-8-21(23)22-9-2-4-11-24(22)25/h1-5,7-13,15-16,25H,6,14,17H2,(H,27,30). The maximum Gasteiger partial charge on any atom is 0.407 e. The van der Waals surface area contributed by atoms with Gasteiger partial charge >= 0.3 is 6.09 Å². The summed E-state index contributed by atoms with van der Waals surface area (Å²) in [7, 11) is 0. The smallest absolute Gasteiger partial charge is 0.407 e. The Bertz CT molecular complexity index is 1190. The number of nitro groups is 1. The van der Waals surface area contributed by atoms with Crippen molar-refractivity contribution in [2.45, 2.75) is 12.3 Å². The van der Waals surface area contributed by atoms with Crippen molar-refractivity contribution in [1.29, 1.82) is 0 Å². The van der Waals surface area contributed by atoms with Crippen LogP contribution >= 0.6 is 0 Å². The van der Waals surface area contributed by atoms with Crippen molar-refractivity contribution >= 4 is 24.1 Å². The van der Waals surface area contributed by atoms with Crippen LogP contribution in [0.1, 0.15) is 39.4 Å². The molecule has 1 amide bonds. The van der Waals surface area contributed by atoms with Crippen LogP contribution in [0.5, 0.6) is 0 Å². The fraction of sp³-hybridized carbons (Fsp3) is 0.154. The van der Waals surface area contributed by atoms with E-state index in [1.165, 1.54) is 29.3 Å². The Balaban J connectivity index is 1.28. The SMILES string of the molecule is O=Cc1cc([N+](=O)[O-])ccc1C=CCCNC(=O)OCC1c2ccccc2-c2ccccc21. The zero-order chi connectivity index (χ0) is 23.2. The average molecular weight is 442 g/mol. The first-order valence-electron chi connectivity index (χ1n) is 10.6. The molecule has 1 aliphatic carbocycles. The quantitative estimate of drug-likeness (QED) is 0.219. The fourth-order valence-electron chi connectivity index (χ4n) is 4.05. The van der Waals surface area contributed by atoms with E-state index in [2.05, 4.69) is 29.6 Å². The predicted octanol–water partition coefficient (Wildman–Crippen LogP) is 5.35. The van der Waals surface area contributed by atoms with Crippen LogP contribution in [0.25, 0.3) is 17.2 Å². The van der Waals surface area contributed by atoms with Gasteiger partial charge in [-0.2, -0.15) is 0 Å². The molecule has 0 saturated heterocycles. The molecule has 0 radical (unpaired) electrons. The van der Waals surface area contributed by atoms with Gasteiger partial charge in [-0.15, -0.1) is 0 Å². The number of alkyl carbamates (subject to hydrolysis) is 1. The van der Waals surface area contributed by atoms with Crippen molar-refractivity contribution in [2.24, 2.45) is 0 Å². The first kappa shape index (κ1) is 22.0. The Kier molecular flexibility index (Phi) is 6.59. The summed E-state index contributed by atoms with van der Waals surface area (Å²) in [6.45, 7) is 0.609. The second-order valence-corrected chi connectivity index (χ2v) is 7.63. The molecule has 0 bridgehead atoms. The van der Waals surface area contributed by atoms with Crippen LogP contribution in [-0.2, 0) is 4.74 Å². The lowest BCUT2D eigenvalue weighted by Crippen LogP contribution is -2.26. The van der Waals surface area contributed by atoms with Gasteiger partial charge in [0.1, 0.15) is 6.61 Å². The lowest BCUT2D eigenvalue weighted by atomic mass is 9.98. The molecule has 0 fully saturated rings. The number of nitrogens with zero attached hydrogens (tertiary/aromatic N) is 1. The number of carbonyl (C=O) groups excluding carboxylic acids is 2. The van der Waals surface area contributed by atoms with Crippen LogP contribution in [0.15, 0.2) is 72.8 Å². The molecule has 0 atom stereocenters. The molecular formula is C26H22N2O5. The minimum Gasteiger partial charge on any atom is -0.449 e.